The van der Waals surface area contributed by atoms with Crippen LogP contribution in [0.4, 0.5) is 0 Å². The first-order valence-corrected chi connectivity index (χ1v) is 8.02. The van der Waals surface area contributed by atoms with Crippen molar-refractivity contribution < 1.29 is 0 Å². The molecule has 0 aliphatic carbocycles. The summed E-state index contributed by atoms with van der Waals surface area (Å²) in [5, 5.41) is 8.02. The highest BCUT2D eigenvalue weighted by Gasteiger charge is 2.08. The van der Waals surface area contributed by atoms with Crippen molar-refractivity contribution in [2.75, 3.05) is 32.7 Å². The fourth-order valence-corrected chi connectivity index (χ4v) is 2.66. The predicted molar refractivity (Wildman–Crippen MR) is 86.3 cm³/mol. The van der Waals surface area contributed by atoms with Gasteiger partial charge in [0.15, 0.2) is 0 Å². The van der Waals surface area contributed by atoms with Gasteiger partial charge in [0.1, 0.15) is 0 Å². The van der Waals surface area contributed by atoms with Crippen LogP contribution in [-0.2, 0) is 13.5 Å². The maximum atomic E-state index is 4.47. The van der Waals surface area contributed by atoms with Gasteiger partial charge in [-0.05, 0) is 71.4 Å². The summed E-state index contributed by atoms with van der Waals surface area (Å²) in [6.07, 6.45) is 3.57. The third-order valence-corrected chi connectivity index (χ3v) is 4.16. The molecule has 0 amide bonds. The standard InChI is InChI=1S/C16H32N4/c1-6-20(7-2)13-9-12-17-11-8-10-16-14(3)18-19(5)15(16)4/h17H,6-13H2,1-5H3. The van der Waals surface area contributed by atoms with Gasteiger partial charge < -0.3 is 10.2 Å². The van der Waals surface area contributed by atoms with Crippen molar-refractivity contribution in [1.29, 1.82) is 0 Å². The molecular weight excluding hydrogens is 248 g/mol. The fourth-order valence-electron chi connectivity index (χ4n) is 2.66. The summed E-state index contributed by atoms with van der Waals surface area (Å²) in [5.41, 5.74) is 3.92. The van der Waals surface area contributed by atoms with Gasteiger partial charge in [-0.2, -0.15) is 5.10 Å². The molecule has 0 atom stereocenters. The highest BCUT2D eigenvalue weighted by molar-refractivity contribution is 5.24. The molecule has 0 spiro atoms. The van der Waals surface area contributed by atoms with Crippen LogP contribution in [-0.4, -0.2) is 47.4 Å². The molecule has 0 aliphatic heterocycles. The Hall–Kier alpha value is -0.870. The lowest BCUT2D eigenvalue weighted by Crippen LogP contribution is -2.27. The molecule has 1 rings (SSSR count). The van der Waals surface area contributed by atoms with Crippen LogP contribution >= 0.6 is 0 Å². The van der Waals surface area contributed by atoms with Crippen LogP contribution in [0, 0.1) is 13.8 Å². The van der Waals surface area contributed by atoms with Crippen LogP contribution in [0.5, 0.6) is 0 Å². The second kappa shape index (κ2) is 9.14. The van der Waals surface area contributed by atoms with Crippen LogP contribution in [0.2, 0.25) is 0 Å². The summed E-state index contributed by atoms with van der Waals surface area (Å²) >= 11 is 0. The van der Waals surface area contributed by atoms with E-state index >= 15 is 0 Å². The highest BCUT2D eigenvalue weighted by atomic mass is 15.3. The summed E-state index contributed by atoms with van der Waals surface area (Å²) in [6, 6.07) is 0. The molecular formula is C16H32N4. The van der Waals surface area contributed by atoms with E-state index in [1.807, 2.05) is 11.7 Å². The van der Waals surface area contributed by atoms with E-state index < -0.39 is 0 Å². The minimum Gasteiger partial charge on any atom is -0.317 e. The van der Waals surface area contributed by atoms with Crippen LogP contribution < -0.4 is 5.32 Å². The van der Waals surface area contributed by atoms with E-state index in [2.05, 4.69) is 43.0 Å². The summed E-state index contributed by atoms with van der Waals surface area (Å²) in [6.45, 7) is 14.5. The van der Waals surface area contributed by atoms with Gasteiger partial charge in [-0.15, -0.1) is 0 Å². The van der Waals surface area contributed by atoms with Crippen molar-refractivity contribution in [2.45, 2.75) is 47.0 Å². The second-order valence-corrected chi connectivity index (χ2v) is 5.51. The molecule has 1 heterocycles. The Morgan fingerprint density at radius 2 is 1.75 bits per heavy atom. The first-order valence-electron chi connectivity index (χ1n) is 8.02. The molecule has 0 unspecified atom stereocenters. The molecule has 0 aromatic carbocycles. The van der Waals surface area contributed by atoms with E-state index in [1.165, 1.54) is 36.3 Å². The third kappa shape index (κ3) is 5.25. The third-order valence-electron chi connectivity index (χ3n) is 4.16. The molecule has 0 fully saturated rings. The summed E-state index contributed by atoms with van der Waals surface area (Å²) in [5.74, 6) is 0. The number of rotatable bonds is 10. The molecule has 0 saturated carbocycles. The lowest BCUT2D eigenvalue weighted by molar-refractivity contribution is 0.298. The van der Waals surface area contributed by atoms with Crippen molar-refractivity contribution in [3.8, 4) is 0 Å². The smallest absolute Gasteiger partial charge is 0.0628 e. The number of hydrogen-bond donors (Lipinski definition) is 1. The van der Waals surface area contributed by atoms with E-state index in [-0.39, 0.29) is 0 Å². The van der Waals surface area contributed by atoms with Crippen LogP contribution in [0.25, 0.3) is 0 Å². The highest BCUT2D eigenvalue weighted by Crippen LogP contribution is 2.13. The van der Waals surface area contributed by atoms with Gasteiger partial charge in [-0.3, -0.25) is 4.68 Å². The van der Waals surface area contributed by atoms with Gasteiger partial charge in [-0.1, -0.05) is 13.8 Å². The zero-order valence-electron chi connectivity index (χ0n) is 14.0. The van der Waals surface area contributed by atoms with Crippen molar-refractivity contribution in [2.24, 2.45) is 7.05 Å². The second-order valence-electron chi connectivity index (χ2n) is 5.51. The van der Waals surface area contributed by atoms with Crippen molar-refractivity contribution in [1.82, 2.24) is 20.0 Å². The van der Waals surface area contributed by atoms with E-state index in [4.69, 9.17) is 0 Å². The number of nitrogens with one attached hydrogen (secondary N) is 1. The van der Waals surface area contributed by atoms with Crippen LogP contribution in [0.1, 0.15) is 43.6 Å². The molecule has 1 aromatic heterocycles. The summed E-state index contributed by atoms with van der Waals surface area (Å²) in [4.78, 5) is 2.48. The Bertz CT molecular complexity index is 380. The molecule has 1 N–H and O–H groups in total. The minimum absolute atomic E-state index is 1.10. The van der Waals surface area contributed by atoms with Crippen molar-refractivity contribution in [3.63, 3.8) is 0 Å². The van der Waals surface area contributed by atoms with E-state index in [0.29, 0.717) is 0 Å². The summed E-state index contributed by atoms with van der Waals surface area (Å²) < 4.78 is 1.99. The average molecular weight is 280 g/mol. The number of aromatic nitrogens is 2. The fraction of sp³-hybridized carbons (Fsp3) is 0.812. The monoisotopic (exact) mass is 280 g/mol. The largest absolute Gasteiger partial charge is 0.317 e. The maximum Gasteiger partial charge on any atom is 0.0628 e. The van der Waals surface area contributed by atoms with E-state index in [0.717, 1.165) is 32.6 Å². The van der Waals surface area contributed by atoms with E-state index in [1.54, 1.807) is 0 Å². The average Bonchev–Trinajstić information content (AvgIpc) is 2.68. The molecule has 116 valence electrons. The SMILES string of the molecule is CCN(CC)CCCNCCCc1c(C)nn(C)c1C. The predicted octanol–water partition coefficient (Wildman–Crippen LogP) is 2.29. The molecule has 20 heavy (non-hydrogen) atoms. The van der Waals surface area contributed by atoms with Gasteiger partial charge in [0.05, 0.1) is 5.69 Å². The van der Waals surface area contributed by atoms with Gasteiger partial charge in [0.25, 0.3) is 0 Å². The topological polar surface area (TPSA) is 33.1 Å². The zero-order chi connectivity index (χ0) is 15.0. The van der Waals surface area contributed by atoms with Gasteiger partial charge >= 0.3 is 0 Å². The molecule has 0 aliphatic rings. The quantitative estimate of drug-likeness (QED) is 0.668. The Morgan fingerprint density at radius 1 is 1.10 bits per heavy atom. The van der Waals surface area contributed by atoms with Crippen molar-refractivity contribution >= 4 is 0 Å². The van der Waals surface area contributed by atoms with Gasteiger partial charge in [0.2, 0.25) is 0 Å². The lowest BCUT2D eigenvalue weighted by atomic mass is 10.1. The molecule has 0 saturated heterocycles. The minimum atomic E-state index is 1.10. The number of nitrogens with zero attached hydrogens (tertiary/aromatic N) is 3. The van der Waals surface area contributed by atoms with E-state index in [9.17, 15) is 0 Å². The van der Waals surface area contributed by atoms with Gasteiger partial charge in [0, 0.05) is 12.7 Å². The molecule has 1 aromatic rings. The first kappa shape index (κ1) is 17.2. The van der Waals surface area contributed by atoms with Gasteiger partial charge in [-0.25, -0.2) is 0 Å². The van der Waals surface area contributed by atoms with Crippen LogP contribution in [0.15, 0.2) is 0 Å². The zero-order valence-corrected chi connectivity index (χ0v) is 14.0. The van der Waals surface area contributed by atoms with Crippen LogP contribution in [0.3, 0.4) is 0 Å². The summed E-state index contributed by atoms with van der Waals surface area (Å²) in [7, 11) is 2.03. The number of aryl methyl sites for hydroxylation is 2. The normalized spacial score (nSPS) is 11.5. The molecule has 0 bridgehead atoms. The Labute approximate surface area is 124 Å². The Kier molecular flexibility index (Phi) is 7.85. The first-order chi connectivity index (χ1) is 9.60. The maximum absolute atomic E-state index is 4.47. The Morgan fingerprint density at radius 3 is 2.30 bits per heavy atom. The Balaban J connectivity index is 2.10. The molecule has 4 nitrogen and oxygen atoms in total. The molecule has 0 radical (unpaired) electrons. The lowest BCUT2D eigenvalue weighted by Gasteiger charge is -2.17. The number of hydrogen-bond acceptors (Lipinski definition) is 3. The molecule has 4 heteroatoms. The van der Waals surface area contributed by atoms with Crippen molar-refractivity contribution in [3.05, 3.63) is 17.0 Å².